The molecule has 0 N–H and O–H groups in total. The molecule has 1 aromatic heterocycles. The third-order valence-electron chi connectivity index (χ3n) is 4.19. The van der Waals surface area contributed by atoms with Gasteiger partial charge < -0.3 is 9.47 Å². The third kappa shape index (κ3) is 2.01. The van der Waals surface area contributed by atoms with Crippen LogP contribution in [0.3, 0.4) is 0 Å². The van der Waals surface area contributed by atoms with Crippen molar-refractivity contribution < 1.29 is 4.79 Å². The second-order valence-electron chi connectivity index (χ2n) is 5.38. The van der Waals surface area contributed by atoms with Crippen LogP contribution in [0.5, 0.6) is 0 Å². The Hall–Kier alpha value is -1.48. The molecule has 1 aliphatic heterocycles. The Morgan fingerprint density at radius 2 is 2.00 bits per heavy atom. The molecule has 2 heterocycles. The molecule has 4 heteroatoms. The molecule has 1 amide bonds. The smallest absolute Gasteiger partial charge is 0.270 e. The van der Waals surface area contributed by atoms with Crippen molar-refractivity contribution in [2.45, 2.75) is 33.2 Å². The highest BCUT2D eigenvalue weighted by Gasteiger charge is 2.26. The summed E-state index contributed by atoms with van der Waals surface area (Å²) in [5.41, 5.74) is 2.96. The molecule has 0 atom stereocenters. The van der Waals surface area contributed by atoms with Gasteiger partial charge in [0, 0.05) is 35.6 Å². The molecule has 1 aromatic carbocycles. The van der Waals surface area contributed by atoms with Crippen LogP contribution in [0.25, 0.3) is 10.9 Å². The number of nitrogens with zero attached hydrogens (tertiary/aromatic N) is 2. The topological polar surface area (TPSA) is 25.2 Å². The van der Waals surface area contributed by atoms with E-state index in [1.165, 1.54) is 0 Å². The van der Waals surface area contributed by atoms with Crippen LogP contribution < -0.4 is 0 Å². The fourth-order valence-corrected chi connectivity index (χ4v) is 3.34. The average molecular weight is 291 g/mol. The quantitative estimate of drug-likeness (QED) is 0.824. The van der Waals surface area contributed by atoms with Gasteiger partial charge in [-0.3, -0.25) is 4.79 Å². The first kappa shape index (κ1) is 13.5. The summed E-state index contributed by atoms with van der Waals surface area (Å²) in [5, 5.41) is 1.80. The Kier molecular flexibility index (Phi) is 3.47. The molecule has 0 saturated carbocycles. The third-order valence-corrected chi connectivity index (χ3v) is 4.43. The minimum absolute atomic E-state index is 0.161. The van der Waals surface area contributed by atoms with Crippen LogP contribution in [0.1, 0.15) is 35.8 Å². The molecular weight excluding hydrogens is 272 g/mol. The van der Waals surface area contributed by atoms with Gasteiger partial charge in [0.05, 0.1) is 0 Å². The standard InChI is InChI=1S/C16H19ClN2O/c1-3-19-14-7-6-12(17)10-13(14)11(2)15(19)16(20)18-8-4-5-9-18/h6-7,10H,3-5,8-9H2,1-2H3. The van der Waals surface area contributed by atoms with E-state index in [0.717, 1.165) is 54.6 Å². The van der Waals surface area contributed by atoms with Gasteiger partial charge in [0.1, 0.15) is 5.69 Å². The molecule has 0 radical (unpaired) electrons. The Bertz CT molecular complexity index is 669. The monoisotopic (exact) mass is 290 g/mol. The first-order chi connectivity index (χ1) is 9.63. The van der Waals surface area contributed by atoms with Gasteiger partial charge >= 0.3 is 0 Å². The van der Waals surface area contributed by atoms with Gasteiger partial charge in [-0.1, -0.05) is 11.6 Å². The predicted molar refractivity (Wildman–Crippen MR) is 82.5 cm³/mol. The van der Waals surface area contributed by atoms with E-state index in [0.29, 0.717) is 5.02 Å². The maximum atomic E-state index is 12.8. The zero-order valence-electron chi connectivity index (χ0n) is 11.9. The second-order valence-corrected chi connectivity index (χ2v) is 5.82. The highest BCUT2D eigenvalue weighted by molar-refractivity contribution is 6.31. The van der Waals surface area contributed by atoms with Crippen LogP contribution in [0.4, 0.5) is 0 Å². The van der Waals surface area contributed by atoms with Crippen LogP contribution in [-0.2, 0) is 6.54 Å². The first-order valence-electron chi connectivity index (χ1n) is 7.21. The zero-order chi connectivity index (χ0) is 14.3. The minimum Gasteiger partial charge on any atom is -0.337 e. The van der Waals surface area contributed by atoms with E-state index in [2.05, 4.69) is 11.5 Å². The number of hydrogen-bond donors (Lipinski definition) is 0. The summed E-state index contributed by atoms with van der Waals surface area (Å²) in [5.74, 6) is 0.161. The molecule has 0 aliphatic carbocycles. The average Bonchev–Trinajstić information content (AvgIpc) is 3.05. The fourth-order valence-electron chi connectivity index (χ4n) is 3.17. The van der Waals surface area contributed by atoms with Crippen molar-refractivity contribution in [1.29, 1.82) is 0 Å². The molecule has 1 aliphatic rings. The summed E-state index contributed by atoms with van der Waals surface area (Å²) in [6.07, 6.45) is 2.23. The number of aromatic nitrogens is 1. The first-order valence-corrected chi connectivity index (χ1v) is 7.59. The van der Waals surface area contributed by atoms with Crippen LogP contribution in [0.2, 0.25) is 5.02 Å². The molecule has 0 bridgehead atoms. The molecule has 1 fully saturated rings. The van der Waals surface area contributed by atoms with Crippen LogP contribution >= 0.6 is 11.6 Å². The van der Waals surface area contributed by atoms with E-state index in [4.69, 9.17) is 11.6 Å². The Balaban J connectivity index is 2.18. The van der Waals surface area contributed by atoms with E-state index < -0.39 is 0 Å². The molecule has 20 heavy (non-hydrogen) atoms. The van der Waals surface area contributed by atoms with Crippen molar-refractivity contribution in [2.24, 2.45) is 0 Å². The van der Waals surface area contributed by atoms with E-state index in [-0.39, 0.29) is 5.91 Å². The summed E-state index contributed by atoms with van der Waals surface area (Å²) in [7, 11) is 0. The lowest BCUT2D eigenvalue weighted by Gasteiger charge is -2.17. The van der Waals surface area contributed by atoms with Crippen LogP contribution in [0.15, 0.2) is 18.2 Å². The maximum absolute atomic E-state index is 12.8. The summed E-state index contributed by atoms with van der Waals surface area (Å²) >= 11 is 6.10. The molecule has 0 spiro atoms. The van der Waals surface area contributed by atoms with Gasteiger partial charge in [-0.25, -0.2) is 0 Å². The lowest BCUT2D eigenvalue weighted by atomic mass is 10.1. The van der Waals surface area contributed by atoms with Gasteiger partial charge in [0.15, 0.2) is 0 Å². The Morgan fingerprint density at radius 3 is 2.65 bits per heavy atom. The Labute approximate surface area is 124 Å². The van der Waals surface area contributed by atoms with E-state index in [1.54, 1.807) is 0 Å². The zero-order valence-corrected chi connectivity index (χ0v) is 12.7. The summed E-state index contributed by atoms with van der Waals surface area (Å²) in [4.78, 5) is 14.7. The largest absolute Gasteiger partial charge is 0.337 e. The van der Waals surface area contributed by atoms with E-state index in [9.17, 15) is 4.79 Å². The minimum atomic E-state index is 0.161. The van der Waals surface area contributed by atoms with Gasteiger partial charge in [0.2, 0.25) is 0 Å². The van der Waals surface area contributed by atoms with Crippen LogP contribution in [0, 0.1) is 6.92 Å². The highest BCUT2D eigenvalue weighted by atomic mass is 35.5. The normalized spacial score (nSPS) is 15.2. The lowest BCUT2D eigenvalue weighted by Crippen LogP contribution is -2.30. The van der Waals surface area contributed by atoms with Crippen molar-refractivity contribution >= 4 is 28.4 Å². The number of aryl methyl sites for hydroxylation is 2. The molecule has 2 aromatic rings. The predicted octanol–water partition coefficient (Wildman–Crippen LogP) is 3.86. The number of fused-ring (bicyclic) bond motifs is 1. The number of amides is 1. The SMILES string of the molecule is CCn1c(C(=O)N2CCCC2)c(C)c2cc(Cl)ccc21. The molecule has 3 rings (SSSR count). The summed E-state index contributed by atoms with van der Waals surface area (Å²) in [6.45, 7) is 6.65. The second kappa shape index (κ2) is 5.13. The number of carbonyl (C=O) groups is 1. The molecule has 106 valence electrons. The van der Waals surface area contributed by atoms with Gasteiger partial charge in [-0.05, 0) is 50.5 Å². The van der Waals surface area contributed by atoms with Crippen molar-refractivity contribution in [1.82, 2.24) is 9.47 Å². The number of likely N-dealkylation sites (tertiary alicyclic amines) is 1. The maximum Gasteiger partial charge on any atom is 0.270 e. The van der Waals surface area contributed by atoms with E-state index in [1.807, 2.05) is 30.0 Å². The van der Waals surface area contributed by atoms with Crippen molar-refractivity contribution in [3.05, 3.63) is 34.5 Å². The summed E-state index contributed by atoms with van der Waals surface area (Å²) in [6, 6.07) is 5.85. The lowest BCUT2D eigenvalue weighted by molar-refractivity contribution is 0.0782. The Morgan fingerprint density at radius 1 is 1.30 bits per heavy atom. The van der Waals surface area contributed by atoms with Crippen molar-refractivity contribution in [3.8, 4) is 0 Å². The number of hydrogen-bond acceptors (Lipinski definition) is 1. The van der Waals surface area contributed by atoms with Crippen LogP contribution in [-0.4, -0.2) is 28.5 Å². The molecule has 0 unspecified atom stereocenters. The number of carbonyl (C=O) groups excluding carboxylic acids is 1. The molecule has 3 nitrogen and oxygen atoms in total. The highest BCUT2D eigenvalue weighted by Crippen LogP contribution is 2.29. The van der Waals surface area contributed by atoms with E-state index >= 15 is 0 Å². The van der Waals surface area contributed by atoms with Gasteiger partial charge in [0.25, 0.3) is 5.91 Å². The molecule has 1 saturated heterocycles. The number of benzene rings is 1. The van der Waals surface area contributed by atoms with Crippen molar-refractivity contribution in [2.75, 3.05) is 13.1 Å². The van der Waals surface area contributed by atoms with Gasteiger partial charge in [-0.2, -0.15) is 0 Å². The van der Waals surface area contributed by atoms with Crippen molar-refractivity contribution in [3.63, 3.8) is 0 Å². The number of rotatable bonds is 2. The number of halogens is 1. The molecular formula is C16H19ClN2O. The summed E-state index contributed by atoms with van der Waals surface area (Å²) < 4.78 is 2.11. The fraction of sp³-hybridized carbons (Fsp3) is 0.438. The van der Waals surface area contributed by atoms with Gasteiger partial charge in [-0.15, -0.1) is 0 Å².